The summed E-state index contributed by atoms with van der Waals surface area (Å²) in [6.07, 6.45) is 6.18. The molecule has 2 aromatic rings. The number of hydrogen-bond acceptors (Lipinski definition) is 6. The molecule has 0 aliphatic carbocycles. The normalized spacial score (nSPS) is 16.9. The van der Waals surface area contributed by atoms with Crippen LogP contribution in [0.3, 0.4) is 0 Å². The van der Waals surface area contributed by atoms with Gasteiger partial charge < -0.3 is 20.7 Å². The predicted octanol–water partition coefficient (Wildman–Crippen LogP) is 2.63. The van der Waals surface area contributed by atoms with E-state index in [1.165, 1.54) is 30.1 Å². The number of nitrogens with one attached hydrogen (secondary N) is 1. The fourth-order valence-electron chi connectivity index (χ4n) is 3.76. The molecule has 8 nitrogen and oxygen atoms in total. The van der Waals surface area contributed by atoms with Gasteiger partial charge in [-0.3, -0.25) is 4.79 Å². The molecule has 8 heteroatoms. The Balaban J connectivity index is 1.52. The summed E-state index contributed by atoms with van der Waals surface area (Å²) < 4.78 is 6.42. The number of carbonyl (C=O) groups is 2. The number of likely N-dealkylation sites (tertiary alicyclic amines) is 1. The Morgan fingerprint density at radius 1 is 1.27 bits per heavy atom. The van der Waals surface area contributed by atoms with E-state index in [0.29, 0.717) is 23.8 Å². The number of piperidine rings is 1. The second-order valence-electron chi connectivity index (χ2n) is 7.61. The second-order valence-corrected chi connectivity index (χ2v) is 7.61. The average Bonchev–Trinajstić information content (AvgIpc) is 3.14. The van der Waals surface area contributed by atoms with Crippen molar-refractivity contribution in [3.8, 4) is 5.69 Å². The molecule has 0 radical (unpaired) electrons. The van der Waals surface area contributed by atoms with Crippen LogP contribution in [0, 0.1) is 0 Å². The smallest absolute Gasteiger partial charge is 0.343 e. The van der Waals surface area contributed by atoms with Gasteiger partial charge in [-0.1, -0.05) is 6.42 Å². The molecule has 1 atom stereocenters. The zero-order valence-electron chi connectivity index (χ0n) is 17.8. The number of rotatable bonds is 8. The third-order valence-corrected chi connectivity index (χ3v) is 5.52. The molecule has 1 aromatic carbocycles. The van der Waals surface area contributed by atoms with Crippen molar-refractivity contribution < 1.29 is 14.3 Å². The topological polar surface area (TPSA) is 102 Å². The molecule has 2 heterocycles. The maximum absolute atomic E-state index is 12.4. The summed E-state index contributed by atoms with van der Waals surface area (Å²) in [4.78, 5) is 26.8. The number of ether oxygens (including phenoxy) is 1. The fraction of sp³-hybridized carbons (Fsp3) is 0.500. The Labute approximate surface area is 177 Å². The highest BCUT2D eigenvalue weighted by Gasteiger charge is 2.18. The van der Waals surface area contributed by atoms with E-state index in [2.05, 4.69) is 22.2 Å². The molecule has 1 fully saturated rings. The van der Waals surface area contributed by atoms with E-state index in [1.807, 2.05) is 0 Å². The molecule has 1 aliphatic heterocycles. The summed E-state index contributed by atoms with van der Waals surface area (Å²) in [5.41, 5.74) is 7.49. The monoisotopic (exact) mass is 413 g/mol. The minimum Gasteiger partial charge on any atom is -0.462 e. The van der Waals surface area contributed by atoms with Crippen LogP contribution in [-0.2, 0) is 4.74 Å². The van der Waals surface area contributed by atoms with Gasteiger partial charge in [0.1, 0.15) is 11.4 Å². The zero-order chi connectivity index (χ0) is 21.5. The zero-order valence-corrected chi connectivity index (χ0v) is 17.8. The van der Waals surface area contributed by atoms with Crippen molar-refractivity contribution >= 4 is 17.7 Å². The molecule has 0 saturated carbocycles. The number of amides is 1. The van der Waals surface area contributed by atoms with Crippen LogP contribution in [0.25, 0.3) is 5.69 Å². The average molecular weight is 414 g/mol. The molecule has 1 aromatic heterocycles. The van der Waals surface area contributed by atoms with Crippen molar-refractivity contribution in [2.45, 2.75) is 45.6 Å². The number of aromatic nitrogens is 2. The first-order chi connectivity index (χ1) is 14.5. The Morgan fingerprint density at radius 3 is 2.73 bits per heavy atom. The Morgan fingerprint density at radius 2 is 2.03 bits per heavy atom. The molecule has 0 spiro atoms. The van der Waals surface area contributed by atoms with Gasteiger partial charge in [0.15, 0.2) is 0 Å². The van der Waals surface area contributed by atoms with E-state index in [9.17, 15) is 9.59 Å². The van der Waals surface area contributed by atoms with E-state index in [4.69, 9.17) is 10.5 Å². The molecule has 1 unspecified atom stereocenters. The summed E-state index contributed by atoms with van der Waals surface area (Å²) in [6, 6.07) is 7.59. The number of carbonyl (C=O) groups excluding carboxylic acids is 2. The van der Waals surface area contributed by atoms with Crippen molar-refractivity contribution in [1.29, 1.82) is 0 Å². The summed E-state index contributed by atoms with van der Waals surface area (Å²) in [5.74, 6) is -0.400. The van der Waals surface area contributed by atoms with Gasteiger partial charge in [0.25, 0.3) is 5.91 Å². The summed E-state index contributed by atoms with van der Waals surface area (Å²) in [6.45, 7) is 7.10. The first kappa shape index (κ1) is 21.8. The van der Waals surface area contributed by atoms with Crippen LogP contribution in [0.15, 0.2) is 30.5 Å². The number of nitrogen functional groups attached to an aromatic ring is 1. The van der Waals surface area contributed by atoms with E-state index in [0.717, 1.165) is 19.5 Å². The molecule has 3 N–H and O–H groups in total. The standard InChI is InChI=1S/C22H31N5O3/c1-3-30-22(29)19-15-25-27(20(19)23)18-10-8-17(9-11-18)21(28)24-12-6-14-26-13-5-4-7-16(26)2/h8-11,15-16H,3-7,12-14,23H2,1-2H3,(H,24,28). The maximum Gasteiger partial charge on any atom is 0.343 e. The quantitative estimate of drug-likeness (QED) is 0.509. The molecule has 0 bridgehead atoms. The Hall–Kier alpha value is -2.87. The van der Waals surface area contributed by atoms with Crippen LogP contribution < -0.4 is 11.1 Å². The third-order valence-electron chi connectivity index (χ3n) is 5.52. The second kappa shape index (κ2) is 10.2. The van der Waals surface area contributed by atoms with E-state index in [1.54, 1.807) is 31.2 Å². The van der Waals surface area contributed by atoms with Crippen molar-refractivity contribution in [3.05, 3.63) is 41.6 Å². The van der Waals surface area contributed by atoms with Crippen LogP contribution in [0.4, 0.5) is 5.82 Å². The molecule has 1 saturated heterocycles. The fourth-order valence-corrected chi connectivity index (χ4v) is 3.76. The van der Waals surface area contributed by atoms with Crippen LogP contribution in [-0.4, -0.2) is 58.8 Å². The van der Waals surface area contributed by atoms with Gasteiger partial charge in [0, 0.05) is 24.7 Å². The van der Waals surface area contributed by atoms with Gasteiger partial charge in [-0.25, -0.2) is 9.48 Å². The van der Waals surface area contributed by atoms with Crippen molar-refractivity contribution in [3.63, 3.8) is 0 Å². The lowest BCUT2D eigenvalue weighted by atomic mass is 10.0. The molecule has 162 valence electrons. The summed E-state index contributed by atoms with van der Waals surface area (Å²) in [7, 11) is 0. The number of hydrogen-bond donors (Lipinski definition) is 2. The largest absolute Gasteiger partial charge is 0.462 e. The first-order valence-corrected chi connectivity index (χ1v) is 10.6. The Kier molecular flexibility index (Phi) is 7.46. The van der Waals surface area contributed by atoms with Crippen LogP contribution in [0.1, 0.15) is 60.2 Å². The molecule has 30 heavy (non-hydrogen) atoms. The number of esters is 1. The maximum atomic E-state index is 12.4. The predicted molar refractivity (Wildman–Crippen MR) is 116 cm³/mol. The lowest BCUT2D eigenvalue weighted by molar-refractivity contribution is 0.0527. The van der Waals surface area contributed by atoms with Gasteiger partial charge in [0.2, 0.25) is 0 Å². The van der Waals surface area contributed by atoms with E-state index >= 15 is 0 Å². The van der Waals surface area contributed by atoms with Gasteiger partial charge in [-0.05, 0) is 63.9 Å². The molecular weight excluding hydrogens is 382 g/mol. The number of anilines is 1. The molecule has 1 aliphatic rings. The first-order valence-electron chi connectivity index (χ1n) is 10.6. The van der Waals surface area contributed by atoms with Gasteiger partial charge in [0.05, 0.1) is 18.5 Å². The highest BCUT2D eigenvalue weighted by atomic mass is 16.5. The summed E-state index contributed by atoms with van der Waals surface area (Å²) >= 11 is 0. The van der Waals surface area contributed by atoms with Gasteiger partial charge >= 0.3 is 5.97 Å². The van der Waals surface area contributed by atoms with Crippen LogP contribution >= 0.6 is 0 Å². The van der Waals surface area contributed by atoms with Crippen LogP contribution in [0.2, 0.25) is 0 Å². The lowest BCUT2D eigenvalue weighted by Gasteiger charge is -2.33. The Bertz CT molecular complexity index is 862. The van der Waals surface area contributed by atoms with Crippen molar-refractivity contribution in [1.82, 2.24) is 20.0 Å². The number of nitrogens with two attached hydrogens (primary N) is 1. The number of nitrogens with zero attached hydrogens (tertiary/aromatic N) is 3. The van der Waals surface area contributed by atoms with Crippen LogP contribution in [0.5, 0.6) is 0 Å². The third kappa shape index (κ3) is 5.18. The van der Waals surface area contributed by atoms with Gasteiger partial charge in [-0.15, -0.1) is 0 Å². The highest BCUT2D eigenvalue weighted by molar-refractivity contribution is 5.95. The van der Waals surface area contributed by atoms with Crippen molar-refractivity contribution in [2.24, 2.45) is 0 Å². The molecular formula is C22H31N5O3. The van der Waals surface area contributed by atoms with E-state index in [-0.39, 0.29) is 23.9 Å². The van der Waals surface area contributed by atoms with Gasteiger partial charge in [-0.2, -0.15) is 5.10 Å². The lowest BCUT2D eigenvalue weighted by Crippen LogP contribution is -2.39. The minimum absolute atomic E-state index is 0.103. The molecule has 3 rings (SSSR count). The SMILES string of the molecule is CCOC(=O)c1cnn(-c2ccc(C(=O)NCCCN3CCCCC3C)cc2)c1N. The van der Waals surface area contributed by atoms with E-state index < -0.39 is 5.97 Å². The minimum atomic E-state index is -0.504. The summed E-state index contributed by atoms with van der Waals surface area (Å²) in [5, 5.41) is 7.14. The molecule has 1 amide bonds. The number of benzene rings is 1. The highest BCUT2D eigenvalue weighted by Crippen LogP contribution is 2.19. The van der Waals surface area contributed by atoms with Crippen molar-refractivity contribution in [2.75, 3.05) is 32.0 Å².